The van der Waals surface area contributed by atoms with Gasteiger partial charge < -0.3 is 4.74 Å². The van der Waals surface area contributed by atoms with Crippen molar-refractivity contribution in [2.45, 2.75) is 14.7 Å². The molecule has 0 aliphatic heterocycles. The predicted molar refractivity (Wildman–Crippen MR) is 74.9 cm³/mol. The number of ether oxygens (including phenoxy) is 1. The van der Waals surface area contributed by atoms with Crippen molar-refractivity contribution in [3.63, 3.8) is 0 Å². The zero-order chi connectivity index (χ0) is 18.4. The maximum atomic E-state index is 11.4. The van der Waals surface area contributed by atoms with Gasteiger partial charge in [0.15, 0.2) is 10.7 Å². The van der Waals surface area contributed by atoms with Crippen molar-refractivity contribution in [3.8, 4) is 5.75 Å². The lowest BCUT2D eigenvalue weighted by Gasteiger charge is -2.12. The van der Waals surface area contributed by atoms with Gasteiger partial charge in [0.25, 0.3) is 10.1 Å². The number of benzene rings is 1. The van der Waals surface area contributed by atoms with Gasteiger partial charge >= 0.3 is 25.9 Å². The van der Waals surface area contributed by atoms with Crippen molar-refractivity contribution in [2.24, 2.45) is 0 Å². The van der Waals surface area contributed by atoms with Crippen LogP contribution in [0.3, 0.4) is 0 Å². The Labute approximate surface area is 138 Å². The highest BCUT2D eigenvalue weighted by Crippen LogP contribution is 2.48. The summed E-state index contributed by atoms with van der Waals surface area (Å²) in [7, 11) is -15.4. The summed E-state index contributed by atoms with van der Waals surface area (Å²) < 4.78 is 99.2. The molecule has 0 radical (unpaired) electrons. The Kier molecular flexibility index (Phi) is 5.08. The molecule has 0 fully saturated rings. The molecule has 12 nitrogen and oxygen atoms in total. The SMILES string of the molecule is COc1c(Br)c(S(=O)(=O)O)c(S(=O)(=O)O)c([N+]#N)c1S(=O)(=O)O. The van der Waals surface area contributed by atoms with Crippen molar-refractivity contribution in [3.05, 3.63) is 9.45 Å². The Hall–Kier alpha value is -1.35. The summed E-state index contributed by atoms with van der Waals surface area (Å²) in [6.07, 6.45) is 0. The van der Waals surface area contributed by atoms with Crippen LogP contribution in [0.2, 0.25) is 0 Å². The first-order valence-electron chi connectivity index (χ1n) is 4.89. The third-order valence-electron chi connectivity index (χ3n) is 2.32. The van der Waals surface area contributed by atoms with Gasteiger partial charge in [-0.1, -0.05) is 0 Å². The van der Waals surface area contributed by atoms with Gasteiger partial charge in [-0.25, -0.2) is 0 Å². The molecule has 0 spiro atoms. The van der Waals surface area contributed by atoms with Crippen LogP contribution in [-0.4, -0.2) is 46.0 Å². The summed E-state index contributed by atoms with van der Waals surface area (Å²) in [5.74, 6) is -1.000. The van der Waals surface area contributed by atoms with Gasteiger partial charge in [0.05, 0.1) is 11.6 Å². The van der Waals surface area contributed by atoms with E-state index < -0.39 is 61.0 Å². The molecule has 16 heteroatoms. The molecular formula is C7H6BrN2O10S3+. The Morgan fingerprint density at radius 1 is 0.913 bits per heavy atom. The zero-order valence-electron chi connectivity index (χ0n) is 10.7. The minimum atomic E-state index is -5.54. The molecule has 0 bridgehead atoms. The van der Waals surface area contributed by atoms with Crippen LogP contribution in [0, 0.1) is 5.39 Å². The topological polar surface area (TPSA) is 200 Å². The Bertz CT molecular complexity index is 1040. The molecule has 0 saturated carbocycles. The maximum Gasteiger partial charge on any atom is 0.432 e. The highest BCUT2D eigenvalue weighted by atomic mass is 79.9. The van der Waals surface area contributed by atoms with Gasteiger partial charge in [-0.3, -0.25) is 13.7 Å². The number of methoxy groups -OCH3 is 1. The number of hydrogen-bond donors (Lipinski definition) is 3. The second-order valence-corrected chi connectivity index (χ2v) is 8.58. The summed E-state index contributed by atoms with van der Waals surface area (Å²) in [6, 6.07) is 0. The van der Waals surface area contributed by atoms with E-state index in [1.54, 1.807) is 0 Å². The predicted octanol–water partition coefficient (Wildman–Crippen LogP) is 0.682. The molecule has 0 atom stereocenters. The van der Waals surface area contributed by atoms with Crippen LogP contribution in [0.1, 0.15) is 0 Å². The smallest absolute Gasteiger partial charge is 0.432 e. The molecule has 0 aliphatic rings. The summed E-state index contributed by atoms with van der Waals surface area (Å²) >= 11 is 2.49. The first-order valence-corrected chi connectivity index (χ1v) is 10.00. The van der Waals surface area contributed by atoms with Gasteiger partial charge in [0.1, 0.15) is 4.90 Å². The molecule has 3 N–H and O–H groups in total. The summed E-state index contributed by atoms with van der Waals surface area (Å²) in [4.78, 5) is -2.54. The highest BCUT2D eigenvalue weighted by molar-refractivity contribution is 9.10. The fourth-order valence-electron chi connectivity index (χ4n) is 1.60. The minimum Gasteiger partial charge on any atom is -0.494 e. The maximum absolute atomic E-state index is 11.4. The number of halogens is 1. The molecule has 23 heavy (non-hydrogen) atoms. The summed E-state index contributed by atoms with van der Waals surface area (Å²) in [5.41, 5.74) is -1.58. The fraction of sp³-hybridized carbons (Fsp3) is 0.143. The monoisotopic (exact) mass is 453 g/mol. The van der Waals surface area contributed by atoms with E-state index in [-0.39, 0.29) is 0 Å². The number of rotatable bonds is 4. The first kappa shape index (κ1) is 19.7. The molecule has 0 unspecified atom stereocenters. The lowest BCUT2D eigenvalue weighted by Crippen LogP contribution is -2.14. The van der Waals surface area contributed by atoms with Crippen LogP contribution in [0.5, 0.6) is 5.75 Å². The molecule has 1 rings (SSSR count). The van der Waals surface area contributed by atoms with Crippen molar-refractivity contribution >= 4 is 52.0 Å². The zero-order valence-corrected chi connectivity index (χ0v) is 14.7. The molecule has 0 saturated heterocycles. The normalized spacial score (nSPS) is 12.7. The van der Waals surface area contributed by atoms with Gasteiger partial charge in [0.2, 0.25) is 15.2 Å². The highest BCUT2D eigenvalue weighted by Gasteiger charge is 2.46. The van der Waals surface area contributed by atoms with E-state index in [1.807, 2.05) is 0 Å². The van der Waals surface area contributed by atoms with Crippen molar-refractivity contribution in [1.82, 2.24) is 0 Å². The molecule has 128 valence electrons. The minimum absolute atomic E-state index is 0.802. The van der Waals surface area contributed by atoms with Gasteiger partial charge in [-0.2, -0.15) is 25.3 Å². The lowest BCUT2D eigenvalue weighted by atomic mass is 10.3. The van der Waals surface area contributed by atoms with Crippen LogP contribution in [0.25, 0.3) is 4.98 Å². The first-order chi connectivity index (χ1) is 10.2. The number of diazo groups is 1. The lowest BCUT2D eigenvalue weighted by molar-refractivity contribution is 0.391. The van der Waals surface area contributed by atoms with E-state index in [2.05, 4.69) is 25.6 Å². The second kappa shape index (κ2) is 5.94. The third-order valence-corrected chi connectivity index (χ3v) is 6.20. The average molecular weight is 454 g/mol. The van der Waals surface area contributed by atoms with Crippen LogP contribution < -0.4 is 4.74 Å². The third kappa shape index (κ3) is 3.60. The largest absolute Gasteiger partial charge is 0.494 e. The van der Waals surface area contributed by atoms with Gasteiger partial charge in [-0.15, -0.1) is 0 Å². The quantitative estimate of drug-likeness (QED) is 0.427. The van der Waals surface area contributed by atoms with Gasteiger partial charge in [0, 0.05) is 0 Å². The number of nitrogens with zero attached hydrogens (tertiary/aromatic N) is 2. The Morgan fingerprint density at radius 3 is 1.57 bits per heavy atom. The molecule has 1 aromatic rings. The molecule has 0 aromatic heterocycles. The molecule has 0 aliphatic carbocycles. The Balaban J connectivity index is 4.54. The van der Waals surface area contributed by atoms with E-state index >= 15 is 0 Å². The van der Waals surface area contributed by atoms with Crippen LogP contribution in [-0.2, 0) is 30.4 Å². The van der Waals surface area contributed by atoms with Crippen molar-refractivity contribution < 1.29 is 43.6 Å². The summed E-state index contributed by atoms with van der Waals surface area (Å²) in [6.45, 7) is 0. The molecule has 1 aromatic carbocycles. The standard InChI is InChI=1S/C7H5BrN2O10S3/c1-20-4-2(8)5(21(11,12)13)7(23(17,18)19)3(10-9)6(4)22(14,15)16/h1H3,(H2-,11,12,13,14,15,16,17,18,19)/p+1. The fourth-order valence-corrected chi connectivity index (χ4v) is 5.91. The van der Waals surface area contributed by atoms with E-state index in [0.717, 1.165) is 7.11 Å². The van der Waals surface area contributed by atoms with Crippen molar-refractivity contribution in [1.29, 1.82) is 5.39 Å². The number of hydrogen-bond acceptors (Lipinski definition) is 8. The second-order valence-electron chi connectivity index (χ2n) is 3.71. The Morgan fingerprint density at radius 2 is 1.30 bits per heavy atom. The molecule has 0 heterocycles. The van der Waals surface area contributed by atoms with E-state index in [1.165, 1.54) is 0 Å². The van der Waals surface area contributed by atoms with E-state index in [9.17, 15) is 25.3 Å². The van der Waals surface area contributed by atoms with Crippen LogP contribution in [0.15, 0.2) is 19.2 Å². The van der Waals surface area contributed by atoms with E-state index in [0.29, 0.717) is 0 Å². The van der Waals surface area contributed by atoms with E-state index in [4.69, 9.17) is 19.1 Å². The van der Waals surface area contributed by atoms with Gasteiger partial charge in [-0.05, 0) is 15.9 Å². The molecule has 0 amide bonds. The van der Waals surface area contributed by atoms with Crippen LogP contribution in [0.4, 0.5) is 5.69 Å². The van der Waals surface area contributed by atoms with Crippen molar-refractivity contribution in [2.75, 3.05) is 7.11 Å². The molecular weight excluding hydrogens is 448 g/mol. The van der Waals surface area contributed by atoms with Crippen LogP contribution >= 0.6 is 15.9 Å². The average Bonchev–Trinajstić information content (AvgIpc) is 2.33. The summed E-state index contributed by atoms with van der Waals surface area (Å²) in [5, 5.41) is 8.85.